The fraction of sp³-hybridized carbons (Fsp3) is 0.611. The highest BCUT2D eigenvalue weighted by Crippen LogP contribution is 2.39. The molecule has 0 heterocycles. The van der Waals surface area contributed by atoms with Crippen LogP contribution in [-0.2, 0) is 0 Å². The van der Waals surface area contributed by atoms with Crippen LogP contribution >= 0.6 is 0 Å². The zero-order chi connectivity index (χ0) is 17.4. The molecule has 1 saturated carbocycles. The Labute approximate surface area is 144 Å². The second-order valence-electron chi connectivity index (χ2n) is 5.89. The van der Waals surface area contributed by atoms with Gasteiger partial charge in [-0.2, -0.15) is 0 Å². The molecular weight excluding hydrogens is 306 g/mol. The van der Waals surface area contributed by atoms with Crippen LogP contribution in [0.2, 0.25) is 0 Å². The van der Waals surface area contributed by atoms with Gasteiger partial charge in [-0.3, -0.25) is 4.99 Å². The van der Waals surface area contributed by atoms with Gasteiger partial charge in [0.15, 0.2) is 17.5 Å². The lowest BCUT2D eigenvalue weighted by molar-refractivity contribution is 0.324. The molecule has 0 spiro atoms. The molecule has 0 bridgehead atoms. The highest BCUT2D eigenvalue weighted by atomic mass is 16.5. The van der Waals surface area contributed by atoms with Crippen molar-refractivity contribution in [2.45, 2.75) is 32.6 Å². The molecule has 1 aliphatic rings. The van der Waals surface area contributed by atoms with E-state index < -0.39 is 0 Å². The van der Waals surface area contributed by atoms with E-state index in [0.717, 1.165) is 37.1 Å². The predicted octanol–water partition coefficient (Wildman–Crippen LogP) is 3.28. The number of rotatable bonds is 9. The topological polar surface area (TPSA) is 64.1 Å². The van der Waals surface area contributed by atoms with Crippen molar-refractivity contribution in [2.75, 3.05) is 39.7 Å². The summed E-state index contributed by atoms with van der Waals surface area (Å²) in [6.07, 6.45) is 5.21. The molecule has 0 aliphatic heterocycles. The van der Waals surface area contributed by atoms with E-state index in [4.69, 9.17) is 14.2 Å². The molecule has 6 heteroatoms. The average Bonchev–Trinajstić information content (AvgIpc) is 3.42. The van der Waals surface area contributed by atoms with E-state index in [2.05, 4.69) is 22.5 Å². The molecule has 0 aromatic heterocycles. The molecule has 1 fully saturated rings. The predicted molar refractivity (Wildman–Crippen MR) is 97.7 cm³/mol. The normalized spacial score (nSPS) is 14.2. The second-order valence-corrected chi connectivity index (χ2v) is 5.89. The van der Waals surface area contributed by atoms with Crippen molar-refractivity contribution in [3.8, 4) is 17.2 Å². The Hall–Kier alpha value is -2.11. The molecule has 2 N–H and O–H groups in total. The molecule has 1 aromatic carbocycles. The molecule has 0 amide bonds. The van der Waals surface area contributed by atoms with Crippen LogP contribution in [0.3, 0.4) is 0 Å². The first kappa shape index (κ1) is 18.2. The molecule has 134 valence electrons. The van der Waals surface area contributed by atoms with Crippen LogP contribution in [0.1, 0.15) is 32.6 Å². The van der Waals surface area contributed by atoms with Crippen molar-refractivity contribution in [2.24, 2.45) is 10.9 Å². The summed E-state index contributed by atoms with van der Waals surface area (Å²) in [6, 6.07) is 3.75. The van der Waals surface area contributed by atoms with E-state index in [9.17, 15) is 0 Å². The number of hydrogen-bond donors (Lipinski definition) is 2. The summed E-state index contributed by atoms with van der Waals surface area (Å²) in [5, 5.41) is 6.57. The Morgan fingerprint density at radius 2 is 1.79 bits per heavy atom. The van der Waals surface area contributed by atoms with Crippen molar-refractivity contribution in [1.29, 1.82) is 0 Å². The average molecular weight is 335 g/mol. The fourth-order valence-corrected chi connectivity index (χ4v) is 2.57. The van der Waals surface area contributed by atoms with Crippen molar-refractivity contribution in [3.05, 3.63) is 12.1 Å². The van der Waals surface area contributed by atoms with Crippen LogP contribution in [-0.4, -0.2) is 40.4 Å². The largest absolute Gasteiger partial charge is 0.493 e. The van der Waals surface area contributed by atoms with E-state index >= 15 is 0 Å². The Balaban J connectivity index is 2.07. The van der Waals surface area contributed by atoms with Gasteiger partial charge in [-0.1, -0.05) is 12.8 Å². The van der Waals surface area contributed by atoms with Crippen LogP contribution in [0.15, 0.2) is 17.1 Å². The van der Waals surface area contributed by atoms with E-state index in [1.165, 1.54) is 19.3 Å². The molecule has 0 radical (unpaired) electrons. The number of nitrogens with zero attached hydrogens (tertiary/aromatic N) is 1. The van der Waals surface area contributed by atoms with Gasteiger partial charge < -0.3 is 24.8 Å². The maximum absolute atomic E-state index is 5.39. The molecule has 24 heavy (non-hydrogen) atoms. The second kappa shape index (κ2) is 9.25. The third-order valence-corrected chi connectivity index (χ3v) is 4.01. The van der Waals surface area contributed by atoms with Crippen LogP contribution in [0, 0.1) is 5.92 Å². The minimum Gasteiger partial charge on any atom is -0.493 e. The highest BCUT2D eigenvalue weighted by Gasteiger charge is 2.20. The van der Waals surface area contributed by atoms with Crippen molar-refractivity contribution in [3.63, 3.8) is 0 Å². The third kappa shape index (κ3) is 5.22. The van der Waals surface area contributed by atoms with Gasteiger partial charge >= 0.3 is 0 Å². The maximum Gasteiger partial charge on any atom is 0.203 e. The summed E-state index contributed by atoms with van der Waals surface area (Å²) < 4.78 is 16.1. The molecule has 0 saturated heterocycles. The number of methoxy groups -OCH3 is 3. The van der Waals surface area contributed by atoms with Crippen LogP contribution in [0.4, 0.5) is 5.69 Å². The minimum absolute atomic E-state index is 0.580. The van der Waals surface area contributed by atoms with Crippen LogP contribution < -0.4 is 24.8 Å². The Kier molecular flexibility index (Phi) is 7.03. The summed E-state index contributed by atoms with van der Waals surface area (Å²) >= 11 is 0. The molecule has 0 atom stereocenters. The summed E-state index contributed by atoms with van der Waals surface area (Å²) in [7, 11) is 4.81. The molecule has 1 aliphatic carbocycles. The minimum atomic E-state index is 0.580. The zero-order valence-electron chi connectivity index (χ0n) is 15.1. The third-order valence-electron chi connectivity index (χ3n) is 4.01. The fourth-order valence-electron chi connectivity index (χ4n) is 2.57. The number of anilines is 1. The summed E-state index contributed by atoms with van der Waals surface area (Å²) in [6.45, 7) is 3.69. The van der Waals surface area contributed by atoms with Gasteiger partial charge in [-0.25, -0.2) is 0 Å². The van der Waals surface area contributed by atoms with Gasteiger partial charge in [-0.15, -0.1) is 0 Å². The summed E-state index contributed by atoms with van der Waals surface area (Å²) in [5.74, 6) is 3.53. The number of benzene rings is 1. The number of ether oxygens (including phenoxy) is 3. The van der Waals surface area contributed by atoms with E-state index in [1.807, 2.05) is 12.1 Å². The van der Waals surface area contributed by atoms with Gasteiger partial charge in [0.05, 0.1) is 21.3 Å². The number of hydrogen-bond acceptors (Lipinski definition) is 4. The number of guanidine groups is 1. The van der Waals surface area contributed by atoms with Gasteiger partial charge in [0.2, 0.25) is 5.75 Å². The standard InChI is InChI=1S/C18H29N3O3/c1-5-19-18(20-10-6-7-13-8-9-13)21-14-11-15(22-2)17(24-4)16(12-14)23-3/h11-13H,5-10H2,1-4H3,(H2,19,20,21). The van der Waals surface area contributed by atoms with Gasteiger partial charge in [0.25, 0.3) is 0 Å². The van der Waals surface area contributed by atoms with E-state index in [0.29, 0.717) is 17.2 Å². The van der Waals surface area contributed by atoms with Gasteiger partial charge in [0.1, 0.15) is 0 Å². The van der Waals surface area contributed by atoms with Crippen molar-refractivity contribution >= 4 is 11.6 Å². The molecule has 2 rings (SSSR count). The van der Waals surface area contributed by atoms with Crippen LogP contribution in [0.25, 0.3) is 0 Å². The SMILES string of the molecule is CCNC(=NCCCC1CC1)Nc1cc(OC)c(OC)c(OC)c1. The molecule has 6 nitrogen and oxygen atoms in total. The summed E-state index contributed by atoms with van der Waals surface area (Å²) in [4.78, 5) is 4.64. The van der Waals surface area contributed by atoms with E-state index in [-0.39, 0.29) is 0 Å². The highest BCUT2D eigenvalue weighted by molar-refractivity contribution is 5.94. The lowest BCUT2D eigenvalue weighted by atomic mass is 10.2. The number of aliphatic imine (C=N–C) groups is 1. The molecule has 1 aromatic rings. The number of nitrogens with one attached hydrogen (secondary N) is 2. The van der Waals surface area contributed by atoms with Crippen molar-refractivity contribution in [1.82, 2.24) is 5.32 Å². The monoisotopic (exact) mass is 335 g/mol. The maximum atomic E-state index is 5.39. The molecular formula is C18H29N3O3. The van der Waals surface area contributed by atoms with Gasteiger partial charge in [0, 0.05) is 30.9 Å². The first-order valence-corrected chi connectivity index (χ1v) is 8.57. The lowest BCUT2D eigenvalue weighted by Crippen LogP contribution is -2.30. The van der Waals surface area contributed by atoms with Crippen molar-refractivity contribution < 1.29 is 14.2 Å². The summed E-state index contributed by atoms with van der Waals surface area (Å²) in [5.41, 5.74) is 0.839. The van der Waals surface area contributed by atoms with E-state index in [1.54, 1.807) is 21.3 Å². The van der Waals surface area contributed by atoms with Crippen LogP contribution in [0.5, 0.6) is 17.2 Å². The zero-order valence-corrected chi connectivity index (χ0v) is 15.1. The Bertz CT molecular complexity index is 531. The Morgan fingerprint density at radius 3 is 2.29 bits per heavy atom. The van der Waals surface area contributed by atoms with Gasteiger partial charge in [-0.05, 0) is 25.7 Å². The first-order chi connectivity index (χ1) is 11.7. The Morgan fingerprint density at radius 1 is 1.12 bits per heavy atom. The smallest absolute Gasteiger partial charge is 0.203 e. The molecule has 0 unspecified atom stereocenters. The lowest BCUT2D eigenvalue weighted by Gasteiger charge is -2.16. The first-order valence-electron chi connectivity index (χ1n) is 8.57. The quantitative estimate of drug-likeness (QED) is 0.412.